The predicted octanol–water partition coefficient (Wildman–Crippen LogP) is 2.05. The van der Waals surface area contributed by atoms with Gasteiger partial charge >= 0.3 is 12.1 Å². The molecule has 2 aliphatic rings. The summed E-state index contributed by atoms with van der Waals surface area (Å²) in [6.45, 7) is 0.310. The highest BCUT2D eigenvalue weighted by atomic mass is 19.4. The third-order valence-corrected chi connectivity index (χ3v) is 6.11. The molecule has 0 unspecified atom stereocenters. The van der Waals surface area contributed by atoms with E-state index >= 15 is 0 Å². The molecule has 3 N–H and O–H groups in total. The van der Waals surface area contributed by atoms with Crippen molar-refractivity contribution < 1.29 is 47.1 Å². The molecule has 0 aliphatic carbocycles. The Morgan fingerprint density at radius 1 is 1.19 bits per heavy atom. The molecule has 2 fully saturated rings. The SMILES string of the molecule is O=C(CCCCOC[C@@]12CO[C@@H](O1)[C@H](Nc1cncc(C(F)(F)F)n1)[C@@H](O)[C@H]2O)OCc1ccccc1. The number of nitrogens with one attached hydrogen (secondary N) is 1. The minimum atomic E-state index is -4.69. The molecule has 5 atom stereocenters. The van der Waals surface area contributed by atoms with Crippen molar-refractivity contribution in [3.63, 3.8) is 0 Å². The molecule has 13 heteroatoms. The van der Waals surface area contributed by atoms with Crippen LogP contribution in [-0.2, 0) is 36.5 Å². The Hall–Kier alpha value is -2.84. The average Bonchev–Trinajstić information content (AvgIpc) is 3.29. The summed E-state index contributed by atoms with van der Waals surface area (Å²) in [5, 5.41) is 24.0. The molecule has 10 nitrogen and oxygen atoms in total. The first-order chi connectivity index (χ1) is 17.7. The number of anilines is 1. The Morgan fingerprint density at radius 2 is 1.97 bits per heavy atom. The van der Waals surface area contributed by atoms with Crippen LogP contribution in [0, 0.1) is 0 Å². The quantitative estimate of drug-likeness (QED) is 0.295. The van der Waals surface area contributed by atoms with E-state index in [1.807, 2.05) is 30.3 Å². The van der Waals surface area contributed by atoms with Crippen molar-refractivity contribution in [3.8, 4) is 0 Å². The molecule has 0 saturated carbocycles. The van der Waals surface area contributed by atoms with E-state index < -0.39 is 42.0 Å². The summed E-state index contributed by atoms with van der Waals surface area (Å²) in [7, 11) is 0. The highest BCUT2D eigenvalue weighted by Crippen LogP contribution is 2.38. The molecule has 1 aromatic heterocycles. The van der Waals surface area contributed by atoms with E-state index in [-0.39, 0.29) is 44.6 Å². The lowest BCUT2D eigenvalue weighted by atomic mass is 9.88. The monoisotopic (exact) mass is 527 g/mol. The molecule has 0 amide bonds. The predicted molar refractivity (Wildman–Crippen MR) is 121 cm³/mol. The fourth-order valence-electron chi connectivity index (χ4n) is 4.11. The van der Waals surface area contributed by atoms with Gasteiger partial charge in [0.1, 0.15) is 36.3 Å². The standard InChI is InChI=1S/C24H28F3N3O7/c25-24(26,27)16-10-28-11-17(29-16)30-19-20(32)21(33)23(14-36-22(19)37-23)13-34-9-5-4-8-18(31)35-12-15-6-2-1-3-7-15/h1-3,6-7,10-11,19-22,32-33H,4-5,8-9,12-14H2,(H,29,30)/t19-,20-,21-,22+,23+/m1/s1. The van der Waals surface area contributed by atoms with Crippen LogP contribution in [0.2, 0.25) is 0 Å². The number of fused-ring (bicyclic) bond motifs is 2. The van der Waals surface area contributed by atoms with Gasteiger partial charge in [-0.05, 0) is 18.4 Å². The summed E-state index contributed by atoms with van der Waals surface area (Å²) < 4.78 is 61.0. The van der Waals surface area contributed by atoms with Gasteiger partial charge in [-0.1, -0.05) is 30.3 Å². The minimum absolute atomic E-state index is 0.0870. The second-order valence-corrected chi connectivity index (χ2v) is 8.91. The summed E-state index contributed by atoms with van der Waals surface area (Å²) in [5.41, 5.74) is -1.64. The maximum atomic E-state index is 12.9. The highest BCUT2D eigenvalue weighted by molar-refractivity contribution is 5.69. The largest absolute Gasteiger partial charge is 0.461 e. The summed E-state index contributed by atoms with van der Waals surface area (Å²) in [6.07, 6.45) is -5.68. The van der Waals surface area contributed by atoms with E-state index in [1.54, 1.807) is 0 Å². The van der Waals surface area contributed by atoms with Crippen LogP contribution < -0.4 is 5.32 Å². The second kappa shape index (κ2) is 11.7. The number of esters is 1. The summed E-state index contributed by atoms with van der Waals surface area (Å²) in [5.74, 6) is -0.566. The number of rotatable bonds is 11. The van der Waals surface area contributed by atoms with E-state index in [4.69, 9.17) is 18.9 Å². The number of hydrogen-bond donors (Lipinski definition) is 3. The number of ether oxygens (including phenoxy) is 4. The van der Waals surface area contributed by atoms with Gasteiger partial charge in [-0.15, -0.1) is 0 Å². The minimum Gasteiger partial charge on any atom is -0.461 e. The van der Waals surface area contributed by atoms with Crippen molar-refractivity contribution in [2.24, 2.45) is 0 Å². The number of alkyl halides is 3. The van der Waals surface area contributed by atoms with Crippen molar-refractivity contribution in [3.05, 3.63) is 54.0 Å². The molecule has 2 aromatic rings. The Bertz CT molecular complexity index is 1050. The van der Waals surface area contributed by atoms with E-state index in [2.05, 4.69) is 15.3 Å². The van der Waals surface area contributed by atoms with Gasteiger partial charge in [-0.2, -0.15) is 13.2 Å². The maximum Gasteiger partial charge on any atom is 0.434 e. The number of aromatic nitrogens is 2. The van der Waals surface area contributed by atoms with Gasteiger partial charge in [0.05, 0.1) is 25.6 Å². The third-order valence-electron chi connectivity index (χ3n) is 6.11. The van der Waals surface area contributed by atoms with Crippen LogP contribution in [0.5, 0.6) is 0 Å². The Balaban J connectivity index is 1.20. The first-order valence-corrected chi connectivity index (χ1v) is 11.8. The first kappa shape index (κ1) is 27.2. The summed E-state index contributed by atoms with van der Waals surface area (Å²) in [6, 6.07) is 8.26. The van der Waals surface area contributed by atoms with Crippen molar-refractivity contribution in [2.75, 3.05) is 25.1 Å². The van der Waals surface area contributed by atoms with Crippen LogP contribution in [0.25, 0.3) is 0 Å². The molecular formula is C24H28F3N3O7. The highest BCUT2D eigenvalue weighted by Gasteiger charge is 2.59. The van der Waals surface area contributed by atoms with Gasteiger partial charge in [0.15, 0.2) is 12.0 Å². The van der Waals surface area contributed by atoms with Crippen molar-refractivity contribution in [1.29, 1.82) is 0 Å². The van der Waals surface area contributed by atoms with Gasteiger partial charge in [0.2, 0.25) is 0 Å². The number of aliphatic hydroxyl groups is 2. The zero-order valence-electron chi connectivity index (χ0n) is 19.8. The molecular weight excluding hydrogens is 499 g/mol. The van der Waals surface area contributed by atoms with E-state index in [0.717, 1.165) is 11.8 Å². The third kappa shape index (κ3) is 6.73. The van der Waals surface area contributed by atoms with Gasteiger partial charge in [-0.25, -0.2) is 4.98 Å². The molecule has 0 radical (unpaired) electrons. The Labute approximate surface area is 210 Å². The normalized spacial score (nSPS) is 27.2. The molecule has 0 spiro atoms. The van der Waals surface area contributed by atoms with Crippen molar-refractivity contribution in [2.45, 2.75) is 62.2 Å². The number of benzene rings is 1. The zero-order chi connectivity index (χ0) is 26.5. The molecule has 37 heavy (non-hydrogen) atoms. The molecule has 202 valence electrons. The van der Waals surface area contributed by atoms with E-state index in [0.29, 0.717) is 19.0 Å². The number of unbranched alkanes of at least 4 members (excludes halogenated alkanes) is 1. The lowest BCUT2D eigenvalue weighted by Crippen LogP contribution is -2.64. The molecule has 2 bridgehead atoms. The fourth-order valence-corrected chi connectivity index (χ4v) is 4.11. The zero-order valence-corrected chi connectivity index (χ0v) is 19.8. The Kier molecular flexibility index (Phi) is 8.60. The summed E-state index contributed by atoms with van der Waals surface area (Å²) in [4.78, 5) is 18.8. The van der Waals surface area contributed by atoms with Crippen LogP contribution in [0.1, 0.15) is 30.5 Å². The lowest BCUT2D eigenvalue weighted by Gasteiger charge is -2.42. The van der Waals surface area contributed by atoms with Crippen LogP contribution in [0.15, 0.2) is 42.7 Å². The van der Waals surface area contributed by atoms with Crippen LogP contribution >= 0.6 is 0 Å². The lowest BCUT2D eigenvalue weighted by molar-refractivity contribution is -0.229. The Morgan fingerprint density at radius 3 is 2.73 bits per heavy atom. The second-order valence-electron chi connectivity index (χ2n) is 8.91. The van der Waals surface area contributed by atoms with E-state index in [9.17, 15) is 28.2 Å². The van der Waals surface area contributed by atoms with Crippen LogP contribution in [0.4, 0.5) is 19.0 Å². The van der Waals surface area contributed by atoms with E-state index in [1.165, 1.54) is 0 Å². The molecule has 2 aliphatic heterocycles. The fraction of sp³-hybridized carbons (Fsp3) is 0.542. The van der Waals surface area contributed by atoms with Crippen molar-refractivity contribution >= 4 is 11.8 Å². The molecule has 1 aromatic carbocycles. The first-order valence-electron chi connectivity index (χ1n) is 11.8. The number of nitrogens with zero attached hydrogens (tertiary/aromatic N) is 2. The summed E-state index contributed by atoms with van der Waals surface area (Å²) >= 11 is 0. The number of carbonyl (C=O) groups is 1. The number of hydrogen-bond acceptors (Lipinski definition) is 10. The van der Waals surface area contributed by atoms with Gasteiger partial charge in [0.25, 0.3) is 0 Å². The number of halogens is 3. The van der Waals surface area contributed by atoms with Gasteiger partial charge < -0.3 is 34.5 Å². The smallest absolute Gasteiger partial charge is 0.434 e. The molecule has 2 saturated heterocycles. The van der Waals surface area contributed by atoms with Crippen LogP contribution in [-0.4, -0.2) is 76.1 Å². The maximum absolute atomic E-state index is 12.9. The van der Waals surface area contributed by atoms with Gasteiger partial charge in [-0.3, -0.25) is 9.78 Å². The number of aliphatic hydroxyl groups excluding tert-OH is 2. The molecule has 4 rings (SSSR count). The van der Waals surface area contributed by atoms with Crippen LogP contribution in [0.3, 0.4) is 0 Å². The van der Waals surface area contributed by atoms with Crippen molar-refractivity contribution in [1.82, 2.24) is 9.97 Å². The average molecular weight is 527 g/mol. The van der Waals surface area contributed by atoms with Gasteiger partial charge in [0, 0.05) is 13.0 Å². The number of carbonyl (C=O) groups excluding carboxylic acids is 1. The molecule has 3 heterocycles. The topological polar surface area (TPSA) is 132 Å².